The summed E-state index contributed by atoms with van der Waals surface area (Å²) in [6, 6.07) is 14.0. The van der Waals surface area contributed by atoms with Gasteiger partial charge in [0.2, 0.25) is 6.79 Å². The normalized spacial score (nSPS) is 17.5. The predicted octanol–water partition coefficient (Wildman–Crippen LogP) is 3.67. The Labute approximate surface area is 130 Å². The van der Waals surface area contributed by atoms with Crippen molar-refractivity contribution in [2.75, 3.05) is 19.9 Å². The molecule has 2 heterocycles. The topological polar surface area (TPSA) is 39.7 Å². The van der Waals surface area contributed by atoms with Crippen molar-refractivity contribution in [1.82, 2.24) is 5.32 Å². The summed E-state index contributed by atoms with van der Waals surface area (Å²) >= 11 is 0. The molecule has 4 heteroatoms. The maximum atomic E-state index is 6.13. The zero-order valence-corrected chi connectivity index (χ0v) is 12.4. The molecular weight excluding hydrogens is 278 g/mol. The van der Waals surface area contributed by atoms with Crippen LogP contribution in [-0.2, 0) is 0 Å². The summed E-state index contributed by atoms with van der Waals surface area (Å²) in [5, 5.41) is 3.41. The molecule has 0 radical (unpaired) electrons. The van der Waals surface area contributed by atoms with E-state index in [0.29, 0.717) is 5.92 Å². The van der Waals surface area contributed by atoms with E-state index >= 15 is 0 Å². The fourth-order valence-corrected chi connectivity index (χ4v) is 3.11. The Kier molecular flexibility index (Phi) is 3.60. The van der Waals surface area contributed by atoms with Crippen molar-refractivity contribution in [3.8, 4) is 23.0 Å². The summed E-state index contributed by atoms with van der Waals surface area (Å²) in [6.45, 7) is 2.43. The van der Waals surface area contributed by atoms with Crippen molar-refractivity contribution >= 4 is 0 Å². The van der Waals surface area contributed by atoms with Crippen molar-refractivity contribution < 1.29 is 14.2 Å². The minimum atomic E-state index is 0.282. The van der Waals surface area contributed by atoms with Crippen LogP contribution < -0.4 is 19.5 Å². The van der Waals surface area contributed by atoms with Gasteiger partial charge in [0, 0.05) is 6.07 Å². The van der Waals surface area contributed by atoms with Crippen LogP contribution in [0.3, 0.4) is 0 Å². The SMILES string of the molecule is c1ccc(C2CCNCC2)c(Oc2ccc3c(c2)OCO3)c1. The highest BCUT2D eigenvalue weighted by atomic mass is 16.7. The van der Waals surface area contributed by atoms with E-state index in [-0.39, 0.29) is 6.79 Å². The number of piperidine rings is 1. The van der Waals surface area contributed by atoms with E-state index in [2.05, 4.69) is 17.4 Å². The van der Waals surface area contributed by atoms with Crippen molar-refractivity contribution in [2.45, 2.75) is 18.8 Å². The van der Waals surface area contributed by atoms with Crippen LogP contribution >= 0.6 is 0 Å². The van der Waals surface area contributed by atoms with Crippen LogP contribution in [0.2, 0.25) is 0 Å². The minimum Gasteiger partial charge on any atom is -0.457 e. The fourth-order valence-electron chi connectivity index (χ4n) is 3.11. The minimum absolute atomic E-state index is 0.282. The molecule has 1 saturated heterocycles. The van der Waals surface area contributed by atoms with Gasteiger partial charge in [-0.1, -0.05) is 18.2 Å². The zero-order chi connectivity index (χ0) is 14.8. The second-order valence-corrected chi connectivity index (χ2v) is 5.68. The van der Waals surface area contributed by atoms with Gasteiger partial charge >= 0.3 is 0 Å². The molecule has 22 heavy (non-hydrogen) atoms. The van der Waals surface area contributed by atoms with Crippen molar-refractivity contribution in [2.24, 2.45) is 0 Å². The summed E-state index contributed by atoms with van der Waals surface area (Å²) < 4.78 is 16.9. The van der Waals surface area contributed by atoms with Crippen molar-refractivity contribution in [3.63, 3.8) is 0 Å². The van der Waals surface area contributed by atoms with Crippen molar-refractivity contribution in [1.29, 1.82) is 0 Å². The average molecular weight is 297 g/mol. The number of fused-ring (bicyclic) bond motifs is 1. The molecule has 0 aromatic heterocycles. The van der Waals surface area contributed by atoms with Crippen LogP contribution in [0.1, 0.15) is 24.3 Å². The largest absolute Gasteiger partial charge is 0.457 e. The standard InChI is InChI=1S/C18H19NO3/c1-2-4-16(15(3-1)13-7-9-19-10-8-13)22-14-5-6-17-18(11-14)21-12-20-17/h1-6,11,13,19H,7-10,12H2. The van der Waals surface area contributed by atoms with Gasteiger partial charge in [0.1, 0.15) is 11.5 Å². The molecule has 4 rings (SSSR count). The smallest absolute Gasteiger partial charge is 0.231 e. The van der Waals surface area contributed by atoms with Gasteiger partial charge in [-0.3, -0.25) is 0 Å². The lowest BCUT2D eigenvalue weighted by Crippen LogP contribution is -2.26. The number of hydrogen-bond acceptors (Lipinski definition) is 4. The van der Waals surface area contributed by atoms with Crippen LogP contribution in [-0.4, -0.2) is 19.9 Å². The molecule has 1 fully saturated rings. The maximum absolute atomic E-state index is 6.13. The molecule has 114 valence electrons. The second-order valence-electron chi connectivity index (χ2n) is 5.68. The first kappa shape index (κ1) is 13.5. The Bertz CT molecular complexity index is 665. The number of rotatable bonds is 3. The summed E-state index contributed by atoms with van der Waals surface area (Å²) in [6.07, 6.45) is 2.31. The third kappa shape index (κ3) is 2.62. The van der Waals surface area contributed by atoms with Gasteiger partial charge in [-0.25, -0.2) is 0 Å². The van der Waals surface area contributed by atoms with Gasteiger partial charge in [-0.15, -0.1) is 0 Å². The lowest BCUT2D eigenvalue weighted by atomic mass is 9.89. The highest BCUT2D eigenvalue weighted by Gasteiger charge is 2.20. The Balaban J connectivity index is 1.60. The highest BCUT2D eigenvalue weighted by Crippen LogP contribution is 2.39. The number of ether oxygens (including phenoxy) is 3. The Hall–Kier alpha value is -2.20. The van der Waals surface area contributed by atoms with Gasteiger partial charge < -0.3 is 19.5 Å². The van der Waals surface area contributed by atoms with Gasteiger partial charge in [0.15, 0.2) is 11.5 Å². The van der Waals surface area contributed by atoms with E-state index in [1.807, 2.05) is 30.3 Å². The Morgan fingerprint density at radius 2 is 1.77 bits per heavy atom. The van der Waals surface area contributed by atoms with E-state index < -0.39 is 0 Å². The van der Waals surface area contributed by atoms with Crippen LogP contribution in [0, 0.1) is 0 Å². The molecule has 1 N–H and O–H groups in total. The zero-order valence-electron chi connectivity index (χ0n) is 12.4. The van der Waals surface area contributed by atoms with E-state index in [1.54, 1.807) is 0 Å². The lowest BCUT2D eigenvalue weighted by Gasteiger charge is -2.24. The molecule has 0 bridgehead atoms. The third-order valence-corrected chi connectivity index (χ3v) is 4.27. The van der Waals surface area contributed by atoms with E-state index in [9.17, 15) is 0 Å². The summed E-state index contributed by atoms with van der Waals surface area (Å²) in [4.78, 5) is 0. The quantitative estimate of drug-likeness (QED) is 0.938. The molecule has 4 nitrogen and oxygen atoms in total. The molecule has 0 saturated carbocycles. The molecule has 2 aliphatic rings. The fraction of sp³-hybridized carbons (Fsp3) is 0.333. The Morgan fingerprint density at radius 3 is 2.68 bits per heavy atom. The molecule has 0 unspecified atom stereocenters. The molecule has 0 amide bonds. The van der Waals surface area contributed by atoms with Gasteiger partial charge in [0.25, 0.3) is 0 Å². The maximum Gasteiger partial charge on any atom is 0.231 e. The first-order valence-electron chi connectivity index (χ1n) is 7.77. The lowest BCUT2D eigenvalue weighted by molar-refractivity contribution is 0.174. The van der Waals surface area contributed by atoms with Crippen LogP contribution in [0.15, 0.2) is 42.5 Å². The van der Waals surface area contributed by atoms with Gasteiger partial charge in [-0.05, 0) is 55.6 Å². The van der Waals surface area contributed by atoms with Crippen LogP contribution in [0.25, 0.3) is 0 Å². The molecule has 0 spiro atoms. The number of nitrogens with one attached hydrogen (secondary N) is 1. The number of para-hydroxylation sites is 1. The predicted molar refractivity (Wildman–Crippen MR) is 83.9 cm³/mol. The molecular formula is C18H19NO3. The summed E-state index contributed by atoms with van der Waals surface area (Å²) in [5.74, 6) is 3.81. The molecule has 0 aliphatic carbocycles. The van der Waals surface area contributed by atoms with Crippen LogP contribution in [0.5, 0.6) is 23.0 Å². The highest BCUT2D eigenvalue weighted by molar-refractivity contribution is 5.49. The van der Waals surface area contributed by atoms with Gasteiger partial charge in [-0.2, -0.15) is 0 Å². The third-order valence-electron chi connectivity index (χ3n) is 4.27. The summed E-state index contributed by atoms with van der Waals surface area (Å²) in [5.41, 5.74) is 1.29. The number of benzene rings is 2. The first-order valence-corrected chi connectivity index (χ1v) is 7.77. The van der Waals surface area contributed by atoms with E-state index in [0.717, 1.165) is 48.9 Å². The average Bonchev–Trinajstić information content (AvgIpc) is 3.04. The summed E-state index contributed by atoms with van der Waals surface area (Å²) in [7, 11) is 0. The molecule has 2 aromatic carbocycles. The first-order chi connectivity index (χ1) is 10.9. The van der Waals surface area contributed by atoms with Crippen molar-refractivity contribution in [3.05, 3.63) is 48.0 Å². The molecule has 2 aliphatic heterocycles. The van der Waals surface area contributed by atoms with E-state index in [4.69, 9.17) is 14.2 Å². The molecule has 0 atom stereocenters. The monoisotopic (exact) mass is 297 g/mol. The van der Waals surface area contributed by atoms with Gasteiger partial charge in [0.05, 0.1) is 0 Å². The van der Waals surface area contributed by atoms with Crippen LogP contribution in [0.4, 0.5) is 0 Å². The van der Waals surface area contributed by atoms with E-state index in [1.165, 1.54) is 5.56 Å². The molecule has 2 aromatic rings. The second kappa shape index (κ2) is 5.89. The Morgan fingerprint density at radius 1 is 0.955 bits per heavy atom. The number of hydrogen-bond donors (Lipinski definition) is 1.